The molecule has 4 nitrogen and oxygen atoms in total. The Morgan fingerprint density at radius 2 is 1.77 bits per heavy atom. The second kappa shape index (κ2) is 5.67. The molecular weight excluding hydrogens is 299 g/mol. The standard InChI is InChI=1S/C15H12F3NO3/c1-8-7-12(21)13(9(2)20)14(22-8)19-11-5-3-10(4-6-11)15(16,17)18/h3-7,19H,1-2H3. The van der Waals surface area contributed by atoms with Gasteiger partial charge in [-0.15, -0.1) is 0 Å². The zero-order valence-corrected chi connectivity index (χ0v) is 11.7. The lowest BCUT2D eigenvalue weighted by Gasteiger charge is -2.11. The van der Waals surface area contributed by atoms with Crippen LogP contribution in [0.2, 0.25) is 0 Å². The minimum Gasteiger partial charge on any atom is -0.445 e. The molecule has 0 saturated heterocycles. The molecule has 22 heavy (non-hydrogen) atoms. The minimum absolute atomic E-state index is 0.0859. The number of rotatable bonds is 3. The molecule has 0 aliphatic rings. The first-order chi connectivity index (χ1) is 10.2. The van der Waals surface area contributed by atoms with E-state index in [0.717, 1.165) is 12.1 Å². The van der Waals surface area contributed by atoms with Crippen LogP contribution in [0.4, 0.5) is 24.7 Å². The summed E-state index contributed by atoms with van der Waals surface area (Å²) in [5.74, 6) is -0.301. The Labute approximate surface area is 123 Å². The summed E-state index contributed by atoms with van der Waals surface area (Å²) in [7, 11) is 0. The number of hydrogen-bond donors (Lipinski definition) is 1. The van der Waals surface area contributed by atoms with Crippen LogP contribution in [-0.2, 0) is 6.18 Å². The molecule has 0 amide bonds. The first-order valence-electron chi connectivity index (χ1n) is 6.28. The van der Waals surface area contributed by atoms with Crippen LogP contribution in [-0.4, -0.2) is 5.78 Å². The molecule has 0 bridgehead atoms. The Balaban J connectivity index is 2.39. The third-order valence-electron chi connectivity index (χ3n) is 2.89. The van der Waals surface area contributed by atoms with Crippen molar-refractivity contribution < 1.29 is 22.4 Å². The van der Waals surface area contributed by atoms with Crippen molar-refractivity contribution in [1.82, 2.24) is 0 Å². The van der Waals surface area contributed by atoms with Crippen LogP contribution in [0.5, 0.6) is 0 Å². The molecule has 0 aliphatic carbocycles. The molecule has 1 N–H and O–H groups in total. The third-order valence-corrected chi connectivity index (χ3v) is 2.89. The van der Waals surface area contributed by atoms with Crippen molar-refractivity contribution in [1.29, 1.82) is 0 Å². The van der Waals surface area contributed by atoms with Crippen molar-refractivity contribution in [3.63, 3.8) is 0 Å². The van der Waals surface area contributed by atoms with E-state index in [1.165, 1.54) is 32.0 Å². The van der Waals surface area contributed by atoms with Crippen molar-refractivity contribution >= 4 is 17.4 Å². The van der Waals surface area contributed by atoms with Crippen molar-refractivity contribution in [2.45, 2.75) is 20.0 Å². The van der Waals surface area contributed by atoms with Gasteiger partial charge in [-0.05, 0) is 38.1 Å². The van der Waals surface area contributed by atoms with Crippen molar-refractivity contribution in [2.24, 2.45) is 0 Å². The summed E-state index contributed by atoms with van der Waals surface area (Å²) in [6, 6.07) is 5.34. The van der Waals surface area contributed by atoms with Crippen LogP contribution in [0.15, 0.2) is 39.5 Å². The zero-order chi connectivity index (χ0) is 16.5. The molecule has 0 aliphatic heterocycles. The quantitative estimate of drug-likeness (QED) is 0.873. The highest BCUT2D eigenvalue weighted by atomic mass is 19.4. The maximum absolute atomic E-state index is 12.5. The largest absolute Gasteiger partial charge is 0.445 e. The van der Waals surface area contributed by atoms with Gasteiger partial charge in [0.25, 0.3) is 0 Å². The summed E-state index contributed by atoms with van der Waals surface area (Å²) < 4.78 is 42.8. The maximum atomic E-state index is 12.5. The number of benzene rings is 1. The molecule has 2 rings (SSSR count). The van der Waals surface area contributed by atoms with E-state index in [-0.39, 0.29) is 22.9 Å². The van der Waals surface area contributed by atoms with E-state index >= 15 is 0 Å². The average molecular weight is 311 g/mol. The SMILES string of the molecule is CC(=O)c1c(Nc2ccc(C(F)(F)F)cc2)oc(C)cc1=O. The molecule has 0 spiro atoms. The third kappa shape index (κ3) is 3.36. The number of anilines is 2. The number of carbonyl (C=O) groups excluding carboxylic acids is 1. The van der Waals surface area contributed by atoms with Gasteiger partial charge in [0.05, 0.1) is 5.56 Å². The predicted octanol–water partition coefficient (Wildman–Crippen LogP) is 3.91. The second-order valence-electron chi connectivity index (χ2n) is 4.68. The van der Waals surface area contributed by atoms with Gasteiger partial charge in [-0.2, -0.15) is 13.2 Å². The number of hydrogen-bond acceptors (Lipinski definition) is 4. The van der Waals surface area contributed by atoms with Gasteiger partial charge in [-0.25, -0.2) is 0 Å². The van der Waals surface area contributed by atoms with E-state index in [1.54, 1.807) is 0 Å². The molecule has 1 aromatic carbocycles. The topological polar surface area (TPSA) is 59.3 Å². The average Bonchev–Trinajstić information content (AvgIpc) is 2.36. The zero-order valence-electron chi connectivity index (χ0n) is 11.7. The van der Waals surface area contributed by atoms with Crippen LogP contribution < -0.4 is 10.7 Å². The lowest BCUT2D eigenvalue weighted by atomic mass is 10.1. The molecule has 0 atom stereocenters. The second-order valence-corrected chi connectivity index (χ2v) is 4.68. The summed E-state index contributed by atoms with van der Waals surface area (Å²) in [5.41, 5.74) is -1.21. The molecule has 2 aromatic rings. The normalized spacial score (nSPS) is 11.3. The van der Waals surface area contributed by atoms with Gasteiger partial charge in [-0.1, -0.05) is 0 Å². The van der Waals surface area contributed by atoms with Crippen LogP contribution in [0.1, 0.15) is 28.6 Å². The molecule has 0 unspecified atom stereocenters. The maximum Gasteiger partial charge on any atom is 0.416 e. The summed E-state index contributed by atoms with van der Waals surface area (Å²) in [6.07, 6.45) is -4.43. The number of halogens is 3. The summed E-state index contributed by atoms with van der Waals surface area (Å²) in [5, 5.41) is 2.66. The molecule has 7 heteroatoms. The van der Waals surface area contributed by atoms with Gasteiger partial charge in [0.15, 0.2) is 11.2 Å². The van der Waals surface area contributed by atoms with Crippen LogP contribution in [0.3, 0.4) is 0 Å². The van der Waals surface area contributed by atoms with Gasteiger partial charge in [-0.3, -0.25) is 9.59 Å². The predicted molar refractivity (Wildman–Crippen MR) is 74.4 cm³/mol. The van der Waals surface area contributed by atoms with E-state index in [4.69, 9.17) is 4.42 Å². The number of Topliss-reactive ketones (excluding diaryl/α,β-unsaturated/α-hetero) is 1. The highest BCUT2D eigenvalue weighted by Crippen LogP contribution is 2.30. The fourth-order valence-electron chi connectivity index (χ4n) is 1.91. The van der Waals surface area contributed by atoms with Gasteiger partial charge in [0, 0.05) is 11.8 Å². The first kappa shape index (κ1) is 15.8. The fraction of sp³-hybridized carbons (Fsp3) is 0.200. The number of nitrogens with one attached hydrogen (secondary N) is 1. The monoisotopic (exact) mass is 311 g/mol. The molecule has 0 radical (unpaired) electrons. The Bertz CT molecular complexity index is 761. The van der Waals surface area contributed by atoms with Crippen molar-refractivity contribution in [3.05, 3.63) is 57.4 Å². The molecule has 1 aromatic heterocycles. The number of carbonyl (C=O) groups is 1. The van der Waals surface area contributed by atoms with E-state index in [9.17, 15) is 22.8 Å². The smallest absolute Gasteiger partial charge is 0.416 e. The van der Waals surface area contributed by atoms with Crippen LogP contribution in [0.25, 0.3) is 0 Å². The Morgan fingerprint density at radius 3 is 2.27 bits per heavy atom. The van der Waals surface area contributed by atoms with E-state index in [1.807, 2.05) is 0 Å². The number of ketones is 1. The van der Waals surface area contributed by atoms with Crippen LogP contribution in [0, 0.1) is 6.92 Å². The lowest BCUT2D eigenvalue weighted by Crippen LogP contribution is -2.15. The lowest BCUT2D eigenvalue weighted by molar-refractivity contribution is -0.137. The van der Waals surface area contributed by atoms with Crippen molar-refractivity contribution in [2.75, 3.05) is 5.32 Å². The van der Waals surface area contributed by atoms with Gasteiger partial charge >= 0.3 is 6.18 Å². The summed E-state index contributed by atoms with van der Waals surface area (Å²) >= 11 is 0. The summed E-state index contributed by atoms with van der Waals surface area (Å²) in [4.78, 5) is 23.3. The molecule has 0 saturated carbocycles. The van der Waals surface area contributed by atoms with E-state index < -0.39 is 23.0 Å². The summed E-state index contributed by atoms with van der Waals surface area (Å²) in [6.45, 7) is 2.74. The first-order valence-corrected chi connectivity index (χ1v) is 6.28. The Morgan fingerprint density at radius 1 is 1.18 bits per heavy atom. The highest BCUT2D eigenvalue weighted by molar-refractivity contribution is 5.98. The van der Waals surface area contributed by atoms with E-state index in [2.05, 4.69) is 5.32 Å². The van der Waals surface area contributed by atoms with Crippen molar-refractivity contribution in [3.8, 4) is 0 Å². The van der Waals surface area contributed by atoms with Gasteiger partial charge in [0.1, 0.15) is 11.3 Å². The minimum atomic E-state index is -4.43. The Kier molecular flexibility index (Phi) is 4.07. The fourth-order valence-corrected chi connectivity index (χ4v) is 1.91. The molecular formula is C15H12F3NO3. The van der Waals surface area contributed by atoms with E-state index in [0.29, 0.717) is 0 Å². The molecule has 116 valence electrons. The number of aryl methyl sites for hydroxylation is 1. The van der Waals surface area contributed by atoms with Crippen LogP contribution >= 0.6 is 0 Å². The highest BCUT2D eigenvalue weighted by Gasteiger charge is 2.30. The molecule has 0 fully saturated rings. The molecule has 1 heterocycles. The number of alkyl halides is 3. The van der Waals surface area contributed by atoms with Gasteiger partial charge in [0.2, 0.25) is 5.88 Å². The van der Waals surface area contributed by atoms with Gasteiger partial charge < -0.3 is 9.73 Å². The Hall–Kier alpha value is -2.57.